The monoisotopic (exact) mass is 434 g/mol. The Kier molecular flexibility index (Phi) is 5.68. The lowest BCUT2D eigenvalue weighted by Gasteiger charge is -2.12. The molecule has 156 valence electrons. The first-order valence-corrected chi connectivity index (χ1v) is 9.95. The van der Waals surface area contributed by atoms with Crippen molar-refractivity contribution in [2.75, 3.05) is 5.32 Å². The summed E-state index contributed by atoms with van der Waals surface area (Å²) in [6, 6.07) is 15.8. The van der Waals surface area contributed by atoms with E-state index in [1.807, 2.05) is 32.0 Å². The molecule has 0 aliphatic heterocycles. The van der Waals surface area contributed by atoms with Gasteiger partial charge in [0.15, 0.2) is 0 Å². The molecule has 1 N–H and O–H groups in total. The Balaban J connectivity index is 1.56. The highest BCUT2D eigenvalue weighted by Gasteiger charge is 2.14. The largest absolute Gasteiger partial charge is 0.334 e. The number of nitrogens with one attached hydrogen (secondary N) is 1. The van der Waals surface area contributed by atoms with Crippen molar-refractivity contribution in [3.05, 3.63) is 87.3 Å². The van der Waals surface area contributed by atoms with Crippen LogP contribution in [-0.2, 0) is 11.3 Å². The van der Waals surface area contributed by atoms with E-state index in [9.17, 15) is 9.59 Å². The van der Waals surface area contributed by atoms with E-state index >= 15 is 0 Å². The van der Waals surface area contributed by atoms with Crippen LogP contribution in [0.3, 0.4) is 0 Å². The number of carbonyl (C=O) groups excluding carboxylic acids is 1. The van der Waals surface area contributed by atoms with Crippen LogP contribution < -0.4 is 10.9 Å². The van der Waals surface area contributed by atoms with Crippen molar-refractivity contribution >= 4 is 23.2 Å². The molecule has 31 heavy (non-hydrogen) atoms. The fourth-order valence-electron chi connectivity index (χ4n) is 3.18. The summed E-state index contributed by atoms with van der Waals surface area (Å²) >= 11 is 5.91. The third kappa shape index (κ3) is 4.57. The molecule has 0 atom stereocenters. The maximum atomic E-state index is 12.6. The van der Waals surface area contributed by atoms with Gasteiger partial charge in [-0.25, -0.2) is 0 Å². The summed E-state index contributed by atoms with van der Waals surface area (Å²) < 4.78 is 6.66. The minimum absolute atomic E-state index is 0.140. The Morgan fingerprint density at radius 1 is 1.03 bits per heavy atom. The van der Waals surface area contributed by atoms with Crippen molar-refractivity contribution < 1.29 is 9.32 Å². The van der Waals surface area contributed by atoms with Gasteiger partial charge in [0.05, 0.1) is 5.56 Å². The number of hydrogen-bond donors (Lipinski definition) is 1. The van der Waals surface area contributed by atoms with Gasteiger partial charge in [0, 0.05) is 28.5 Å². The van der Waals surface area contributed by atoms with E-state index in [4.69, 9.17) is 16.1 Å². The number of halogens is 1. The lowest BCUT2D eigenvalue weighted by molar-refractivity contribution is -0.116. The molecule has 4 aromatic rings. The number of aryl methyl sites for hydroxylation is 2. The molecule has 2 heterocycles. The smallest absolute Gasteiger partial charge is 0.259 e. The van der Waals surface area contributed by atoms with Crippen LogP contribution in [0.4, 0.5) is 5.69 Å². The summed E-state index contributed by atoms with van der Waals surface area (Å²) in [5, 5.41) is 7.48. The summed E-state index contributed by atoms with van der Waals surface area (Å²) in [5.41, 5.74) is 3.64. The van der Waals surface area contributed by atoms with E-state index in [0.29, 0.717) is 16.4 Å². The van der Waals surface area contributed by atoms with Crippen LogP contribution in [0.25, 0.3) is 22.8 Å². The van der Waals surface area contributed by atoms with E-state index in [2.05, 4.69) is 15.5 Å². The number of para-hydroxylation sites is 1. The molecule has 2 aromatic carbocycles. The molecule has 0 saturated carbocycles. The Morgan fingerprint density at radius 2 is 1.71 bits per heavy atom. The third-order valence-corrected chi connectivity index (χ3v) is 5.07. The zero-order valence-corrected chi connectivity index (χ0v) is 17.7. The van der Waals surface area contributed by atoms with Gasteiger partial charge in [0.25, 0.3) is 11.4 Å². The van der Waals surface area contributed by atoms with Crippen LogP contribution >= 0.6 is 11.6 Å². The van der Waals surface area contributed by atoms with Crippen LogP contribution in [0, 0.1) is 13.8 Å². The molecule has 0 aliphatic rings. The standard InChI is InChI=1S/C23H19ClN4O3/c1-14-4-3-5-15(2)21(14)25-19(29)13-28-12-17(8-11-20(28)30)23-26-22(27-31-23)16-6-9-18(24)10-7-16/h3-12H,13H2,1-2H3,(H,25,29). The Labute approximate surface area is 183 Å². The fourth-order valence-corrected chi connectivity index (χ4v) is 3.31. The summed E-state index contributed by atoms with van der Waals surface area (Å²) in [4.78, 5) is 29.2. The van der Waals surface area contributed by atoms with E-state index in [1.54, 1.807) is 30.3 Å². The van der Waals surface area contributed by atoms with E-state index in [0.717, 1.165) is 22.4 Å². The second-order valence-electron chi connectivity index (χ2n) is 7.13. The molecule has 0 bridgehead atoms. The van der Waals surface area contributed by atoms with Gasteiger partial charge in [-0.1, -0.05) is 35.0 Å². The van der Waals surface area contributed by atoms with Gasteiger partial charge in [-0.05, 0) is 55.3 Å². The normalized spacial score (nSPS) is 10.8. The van der Waals surface area contributed by atoms with Gasteiger partial charge in [0.1, 0.15) is 6.54 Å². The molecule has 8 heteroatoms. The highest BCUT2D eigenvalue weighted by atomic mass is 35.5. The highest BCUT2D eigenvalue weighted by molar-refractivity contribution is 6.30. The van der Waals surface area contributed by atoms with Crippen LogP contribution in [0.2, 0.25) is 5.02 Å². The van der Waals surface area contributed by atoms with E-state index < -0.39 is 0 Å². The SMILES string of the molecule is Cc1cccc(C)c1NC(=O)Cn1cc(-c2nc(-c3ccc(Cl)cc3)no2)ccc1=O. The maximum absolute atomic E-state index is 12.6. The van der Waals surface area contributed by atoms with Gasteiger partial charge in [-0.3, -0.25) is 9.59 Å². The summed E-state index contributed by atoms with van der Waals surface area (Å²) in [7, 11) is 0. The number of rotatable bonds is 5. The number of carbonyl (C=O) groups is 1. The number of aromatic nitrogens is 3. The van der Waals surface area contributed by atoms with E-state index in [1.165, 1.54) is 16.8 Å². The van der Waals surface area contributed by atoms with Gasteiger partial charge >= 0.3 is 0 Å². The minimum atomic E-state index is -0.308. The summed E-state index contributed by atoms with van der Waals surface area (Å²) in [6.45, 7) is 3.70. The number of hydrogen-bond acceptors (Lipinski definition) is 5. The van der Waals surface area contributed by atoms with Crippen molar-refractivity contribution in [1.82, 2.24) is 14.7 Å². The lowest BCUT2D eigenvalue weighted by Crippen LogP contribution is -2.27. The van der Waals surface area contributed by atoms with Gasteiger partial charge in [-0.15, -0.1) is 0 Å². The van der Waals surface area contributed by atoms with Crippen molar-refractivity contribution in [2.24, 2.45) is 0 Å². The zero-order valence-electron chi connectivity index (χ0n) is 16.9. The molecular formula is C23H19ClN4O3. The quantitative estimate of drug-likeness (QED) is 0.500. The Bertz CT molecular complexity index is 1290. The number of nitrogens with zero attached hydrogens (tertiary/aromatic N) is 3. The first-order valence-electron chi connectivity index (χ1n) is 9.57. The third-order valence-electron chi connectivity index (χ3n) is 4.82. The molecule has 0 saturated heterocycles. The molecule has 0 unspecified atom stereocenters. The van der Waals surface area contributed by atoms with Crippen molar-refractivity contribution in [1.29, 1.82) is 0 Å². The Hall–Kier alpha value is -3.71. The number of anilines is 1. The molecular weight excluding hydrogens is 416 g/mol. The van der Waals surface area contributed by atoms with Crippen LogP contribution in [0.1, 0.15) is 11.1 Å². The van der Waals surface area contributed by atoms with Crippen molar-refractivity contribution in [3.8, 4) is 22.8 Å². The van der Waals surface area contributed by atoms with E-state index in [-0.39, 0.29) is 23.9 Å². The molecule has 0 spiro atoms. The van der Waals surface area contributed by atoms with Crippen molar-refractivity contribution in [2.45, 2.75) is 20.4 Å². The van der Waals surface area contributed by atoms with Crippen LogP contribution in [-0.4, -0.2) is 20.6 Å². The molecule has 4 rings (SSSR count). The number of pyridine rings is 1. The topological polar surface area (TPSA) is 90.0 Å². The average Bonchev–Trinajstić information content (AvgIpc) is 3.23. The van der Waals surface area contributed by atoms with Crippen LogP contribution in [0.15, 0.2) is 70.1 Å². The first-order chi connectivity index (χ1) is 14.9. The highest BCUT2D eigenvalue weighted by Crippen LogP contribution is 2.23. The molecule has 0 fully saturated rings. The van der Waals surface area contributed by atoms with Crippen molar-refractivity contribution in [3.63, 3.8) is 0 Å². The average molecular weight is 435 g/mol. The predicted octanol–water partition coefficient (Wildman–Crippen LogP) is 4.47. The molecule has 0 aliphatic carbocycles. The second-order valence-corrected chi connectivity index (χ2v) is 7.57. The second kappa shape index (κ2) is 8.57. The number of amides is 1. The Morgan fingerprint density at radius 3 is 2.42 bits per heavy atom. The zero-order chi connectivity index (χ0) is 22.0. The molecule has 1 amide bonds. The fraction of sp³-hybridized carbons (Fsp3) is 0.130. The lowest BCUT2D eigenvalue weighted by atomic mass is 10.1. The molecule has 0 radical (unpaired) electrons. The first kappa shape index (κ1) is 20.6. The summed E-state index contributed by atoms with van der Waals surface area (Å²) in [6.07, 6.45) is 1.53. The predicted molar refractivity (Wildman–Crippen MR) is 119 cm³/mol. The van der Waals surface area contributed by atoms with Gasteiger partial charge in [0.2, 0.25) is 11.7 Å². The number of benzene rings is 2. The molecule has 7 nitrogen and oxygen atoms in total. The molecule has 2 aromatic heterocycles. The maximum Gasteiger partial charge on any atom is 0.259 e. The van der Waals surface area contributed by atoms with Crippen LogP contribution in [0.5, 0.6) is 0 Å². The minimum Gasteiger partial charge on any atom is -0.334 e. The van der Waals surface area contributed by atoms with Gasteiger partial charge < -0.3 is 14.4 Å². The summed E-state index contributed by atoms with van der Waals surface area (Å²) in [5.74, 6) is 0.343. The van der Waals surface area contributed by atoms with Gasteiger partial charge in [-0.2, -0.15) is 4.98 Å².